The van der Waals surface area contributed by atoms with Crippen LogP contribution in [0.5, 0.6) is 5.75 Å². The van der Waals surface area contributed by atoms with Crippen molar-refractivity contribution >= 4 is 28.6 Å². The van der Waals surface area contributed by atoms with Crippen molar-refractivity contribution in [3.63, 3.8) is 0 Å². The maximum atomic E-state index is 12.0. The summed E-state index contributed by atoms with van der Waals surface area (Å²) < 4.78 is 33.1. The number of carbonyl (C=O) groups excluding carboxylic acids is 1. The van der Waals surface area contributed by atoms with Crippen molar-refractivity contribution in [3.05, 3.63) is 26.8 Å². The van der Waals surface area contributed by atoms with Gasteiger partial charge in [-0.2, -0.15) is 14.0 Å². The van der Waals surface area contributed by atoms with Crippen LogP contribution in [0.15, 0.2) is 12.1 Å². The predicted molar refractivity (Wildman–Crippen MR) is 61.8 cm³/mol. The van der Waals surface area contributed by atoms with E-state index in [1.165, 1.54) is 0 Å². The lowest BCUT2D eigenvalue weighted by molar-refractivity contribution is -0.0499. The van der Waals surface area contributed by atoms with E-state index in [0.29, 0.717) is 3.57 Å². The van der Waals surface area contributed by atoms with Gasteiger partial charge < -0.3 is 9.47 Å². The number of alkyl halides is 2. The minimum Gasteiger partial charge on any atom is -0.465 e. The molecule has 0 bridgehead atoms. The van der Waals surface area contributed by atoms with Gasteiger partial charge in [0.25, 0.3) is 0 Å². The predicted octanol–water partition coefficient (Wildman–Crippen LogP) is 2.55. The number of nitrogens with zero attached hydrogens (tertiary/aromatic N) is 1. The third kappa shape index (κ3) is 3.26. The van der Waals surface area contributed by atoms with E-state index >= 15 is 0 Å². The van der Waals surface area contributed by atoms with E-state index in [9.17, 15) is 13.6 Å². The highest BCUT2D eigenvalue weighted by Crippen LogP contribution is 2.25. The third-order valence-electron chi connectivity index (χ3n) is 1.80. The highest BCUT2D eigenvalue weighted by atomic mass is 127. The number of ether oxygens (including phenoxy) is 2. The normalized spacial score (nSPS) is 9.88. The molecule has 0 atom stereocenters. The second-order valence-electron chi connectivity index (χ2n) is 2.81. The molecule has 0 fully saturated rings. The van der Waals surface area contributed by atoms with Gasteiger partial charge in [0, 0.05) is 3.57 Å². The van der Waals surface area contributed by atoms with Gasteiger partial charge in [0.05, 0.1) is 18.2 Å². The fourth-order valence-electron chi connectivity index (χ4n) is 1.11. The number of hydrogen-bond donors (Lipinski definition) is 0. The Morgan fingerprint density at radius 2 is 2.18 bits per heavy atom. The molecule has 0 aliphatic heterocycles. The van der Waals surface area contributed by atoms with Gasteiger partial charge in [0.15, 0.2) is 0 Å². The first-order valence-electron chi connectivity index (χ1n) is 4.26. The Kier molecular flexibility index (Phi) is 4.62. The van der Waals surface area contributed by atoms with Crippen molar-refractivity contribution in [2.24, 2.45) is 0 Å². The quantitative estimate of drug-likeness (QED) is 0.619. The van der Waals surface area contributed by atoms with Crippen LogP contribution in [0.4, 0.5) is 8.78 Å². The molecule has 0 amide bonds. The van der Waals surface area contributed by atoms with E-state index in [-0.39, 0.29) is 16.9 Å². The summed E-state index contributed by atoms with van der Waals surface area (Å²) >= 11 is 1.76. The summed E-state index contributed by atoms with van der Waals surface area (Å²) in [6, 6.07) is 4.04. The molecule has 0 saturated heterocycles. The standard InChI is InChI=1S/C10H6F2INO3/c1-16-9(15)7-3-6(17-10(11)12)2-5(4-14)8(7)13/h2-3,10H,1H3. The van der Waals surface area contributed by atoms with Crippen LogP contribution in [-0.2, 0) is 4.74 Å². The van der Waals surface area contributed by atoms with Crippen LogP contribution in [0.1, 0.15) is 15.9 Å². The Balaban J connectivity index is 3.29. The van der Waals surface area contributed by atoms with E-state index in [2.05, 4.69) is 9.47 Å². The molecule has 0 N–H and O–H groups in total. The van der Waals surface area contributed by atoms with Gasteiger partial charge in [-0.05, 0) is 34.7 Å². The maximum Gasteiger partial charge on any atom is 0.387 e. The zero-order chi connectivity index (χ0) is 13.0. The first-order chi connectivity index (χ1) is 7.99. The van der Waals surface area contributed by atoms with Crippen molar-refractivity contribution in [1.29, 1.82) is 5.26 Å². The maximum absolute atomic E-state index is 12.0. The Bertz CT molecular complexity index is 485. The Labute approximate surface area is 109 Å². The molecule has 0 unspecified atom stereocenters. The van der Waals surface area contributed by atoms with Crippen LogP contribution in [0, 0.1) is 14.9 Å². The van der Waals surface area contributed by atoms with E-state index in [1.54, 1.807) is 28.7 Å². The number of nitriles is 1. The van der Waals surface area contributed by atoms with Crippen LogP contribution >= 0.6 is 22.6 Å². The summed E-state index contributed by atoms with van der Waals surface area (Å²) in [5, 5.41) is 8.81. The van der Waals surface area contributed by atoms with E-state index in [4.69, 9.17) is 5.26 Å². The van der Waals surface area contributed by atoms with E-state index < -0.39 is 12.6 Å². The Morgan fingerprint density at radius 1 is 1.53 bits per heavy atom. The summed E-state index contributed by atoms with van der Waals surface area (Å²) in [6.07, 6.45) is 0. The van der Waals surface area contributed by atoms with Crippen LogP contribution < -0.4 is 4.74 Å². The first-order valence-corrected chi connectivity index (χ1v) is 5.34. The highest BCUT2D eigenvalue weighted by Gasteiger charge is 2.17. The Hall–Kier alpha value is -1.43. The fraction of sp³-hybridized carbons (Fsp3) is 0.200. The lowest BCUT2D eigenvalue weighted by Crippen LogP contribution is -2.08. The number of methoxy groups -OCH3 is 1. The van der Waals surface area contributed by atoms with Crippen LogP contribution in [-0.4, -0.2) is 19.7 Å². The number of carbonyl (C=O) groups is 1. The minimum absolute atomic E-state index is 0.0165. The number of esters is 1. The van der Waals surface area contributed by atoms with Crippen molar-refractivity contribution in [3.8, 4) is 11.8 Å². The molecule has 0 radical (unpaired) electrons. The van der Waals surface area contributed by atoms with Gasteiger partial charge in [-0.25, -0.2) is 4.79 Å². The molecule has 0 saturated carbocycles. The zero-order valence-electron chi connectivity index (χ0n) is 8.54. The van der Waals surface area contributed by atoms with Crippen LogP contribution in [0.3, 0.4) is 0 Å². The SMILES string of the molecule is COC(=O)c1cc(OC(F)F)cc(C#N)c1I. The lowest BCUT2D eigenvalue weighted by atomic mass is 10.1. The zero-order valence-corrected chi connectivity index (χ0v) is 10.7. The number of hydrogen-bond acceptors (Lipinski definition) is 4. The molecule has 1 rings (SSSR count). The van der Waals surface area contributed by atoms with Gasteiger partial charge in [-0.3, -0.25) is 0 Å². The van der Waals surface area contributed by atoms with Crippen molar-refractivity contribution in [1.82, 2.24) is 0 Å². The summed E-state index contributed by atoms with van der Waals surface area (Å²) in [7, 11) is 1.16. The largest absolute Gasteiger partial charge is 0.465 e. The molecule has 0 aliphatic rings. The molecule has 7 heteroatoms. The average Bonchev–Trinajstić information content (AvgIpc) is 2.29. The molecule has 4 nitrogen and oxygen atoms in total. The number of rotatable bonds is 3. The van der Waals surface area contributed by atoms with E-state index in [1.807, 2.05) is 0 Å². The second kappa shape index (κ2) is 5.77. The topological polar surface area (TPSA) is 59.3 Å². The molecule has 90 valence electrons. The molecular weight excluding hydrogens is 347 g/mol. The molecule has 0 aliphatic carbocycles. The summed E-state index contributed by atoms with van der Waals surface area (Å²) in [6.45, 7) is -3.02. The van der Waals surface area contributed by atoms with Crippen molar-refractivity contribution in [2.75, 3.05) is 7.11 Å². The number of halogens is 3. The molecule has 0 heterocycles. The van der Waals surface area contributed by atoms with Gasteiger partial charge in [-0.1, -0.05) is 0 Å². The van der Waals surface area contributed by atoms with Crippen LogP contribution in [0.25, 0.3) is 0 Å². The molecular formula is C10H6F2INO3. The smallest absolute Gasteiger partial charge is 0.387 e. The van der Waals surface area contributed by atoms with Crippen LogP contribution in [0.2, 0.25) is 0 Å². The van der Waals surface area contributed by atoms with Gasteiger partial charge in [0.2, 0.25) is 0 Å². The first kappa shape index (κ1) is 13.6. The molecule has 0 spiro atoms. The van der Waals surface area contributed by atoms with Gasteiger partial charge >= 0.3 is 12.6 Å². The molecule has 1 aromatic carbocycles. The summed E-state index contributed by atoms with van der Waals surface area (Å²) in [4.78, 5) is 11.4. The van der Waals surface area contributed by atoms with Crippen molar-refractivity contribution in [2.45, 2.75) is 6.61 Å². The van der Waals surface area contributed by atoms with Gasteiger partial charge in [0.1, 0.15) is 11.8 Å². The van der Waals surface area contributed by atoms with Gasteiger partial charge in [-0.15, -0.1) is 0 Å². The Morgan fingerprint density at radius 3 is 2.65 bits per heavy atom. The fourth-order valence-corrected chi connectivity index (χ4v) is 1.76. The average molecular weight is 353 g/mol. The molecule has 17 heavy (non-hydrogen) atoms. The second-order valence-corrected chi connectivity index (χ2v) is 3.89. The molecule has 1 aromatic rings. The third-order valence-corrected chi connectivity index (χ3v) is 2.96. The highest BCUT2D eigenvalue weighted by molar-refractivity contribution is 14.1. The summed E-state index contributed by atoms with van der Waals surface area (Å²) in [5.74, 6) is -0.969. The number of benzene rings is 1. The summed E-state index contributed by atoms with van der Waals surface area (Å²) in [5.41, 5.74) is 0.0898. The lowest BCUT2D eigenvalue weighted by Gasteiger charge is -2.09. The minimum atomic E-state index is -3.02. The van der Waals surface area contributed by atoms with E-state index in [0.717, 1.165) is 19.2 Å². The van der Waals surface area contributed by atoms with Crippen molar-refractivity contribution < 1.29 is 23.0 Å². The monoisotopic (exact) mass is 353 g/mol. The molecule has 0 aromatic heterocycles.